The van der Waals surface area contributed by atoms with Gasteiger partial charge in [0.2, 0.25) is 0 Å². The molecule has 0 nitrogen and oxygen atoms in total. The van der Waals surface area contributed by atoms with Crippen molar-refractivity contribution in [1.29, 1.82) is 0 Å². The van der Waals surface area contributed by atoms with E-state index < -0.39 is 0 Å². The molecule has 1 aromatic carbocycles. The summed E-state index contributed by atoms with van der Waals surface area (Å²) in [4.78, 5) is 0. The number of rotatable bonds is 4. The molecule has 1 atom stereocenters. The molecule has 1 aromatic rings. The van der Waals surface area contributed by atoms with Crippen molar-refractivity contribution in [3.63, 3.8) is 0 Å². The lowest BCUT2D eigenvalue weighted by molar-refractivity contribution is 0.354. The zero-order valence-corrected chi connectivity index (χ0v) is 12.5. The van der Waals surface area contributed by atoms with Crippen molar-refractivity contribution in [2.24, 2.45) is 5.41 Å². The molecule has 0 amide bonds. The number of halogens is 1. The monoisotopic (exact) mass is 282 g/mol. The Morgan fingerprint density at radius 3 is 2.44 bits per heavy atom. The molecule has 1 heteroatoms. The van der Waals surface area contributed by atoms with Crippen LogP contribution < -0.4 is 0 Å². The summed E-state index contributed by atoms with van der Waals surface area (Å²) in [6.07, 6.45) is 2.54. The van der Waals surface area contributed by atoms with E-state index in [1.165, 1.54) is 24.0 Å². The topological polar surface area (TPSA) is 0 Å². The molecular weight excluding hydrogens is 260 g/mol. The summed E-state index contributed by atoms with van der Waals surface area (Å²) >= 11 is 3.64. The Morgan fingerprint density at radius 2 is 1.94 bits per heavy atom. The normalized spacial score (nSPS) is 13.8. The minimum Gasteiger partial charge on any atom is -0.0921 e. The molecule has 0 radical (unpaired) electrons. The van der Waals surface area contributed by atoms with E-state index in [4.69, 9.17) is 0 Å². The molecule has 0 saturated heterocycles. The van der Waals surface area contributed by atoms with E-state index in [0.717, 1.165) is 5.33 Å². The fourth-order valence-electron chi connectivity index (χ4n) is 1.86. The maximum absolute atomic E-state index is 3.64. The van der Waals surface area contributed by atoms with Crippen LogP contribution in [0.5, 0.6) is 0 Å². The Hall–Kier alpha value is -0.300. The number of hydrogen-bond donors (Lipinski definition) is 0. The van der Waals surface area contributed by atoms with Crippen LogP contribution in [0, 0.1) is 12.3 Å². The second kappa shape index (κ2) is 5.86. The van der Waals surface area contributed by atoms with Crippen molar-refractivity contribution in [1.82, 2.24) is 0 Å². The minimum absolute atomic E-state index is 0.435. The van der Waals surface area contributed by atoms with Gasteiger partial charge in [0.15, 0.2) is 0 Å². The quantitative estimate of drug-likeness (QED) is 0.658. The van der Waals surface area contributed by atoms with Gasteiger partial charge in [-0.15, -0.1) is 0 Å². The molecule has 0 aliphatic rings. The van der Waals surface area contributed by atoms with E-state index in [1.807, 2.05) is 0 Å². The van der Waals surface area contributed by atoms with E-state index in [-0.39, 0.29) is 0 Å². The first-order valence-electron chi connectivity index (χ1n) is 6.05. The third kappa shape index (κ3) is 4.69. The van der Waals surface area contributed by atoms with Crippen LogP contribution in [0.25, 0.3) is 0 Å². The highest BCUT2D eigenvalue weighted by Crippen LogP contribution is 2.30. The predicted octanol–water partition coefficient (Wildman–Crippen LogP) is 5.30. The average molecular weight is 283 g/mol. The first kappa shape index (κ1) is 13.8. The van der Waals surface area contributed by atoms with E-state index >= 15 is 0 Å². The summed E-state index contributed by atoms with van der Waals surface area (Å²) in [5.74, 6) is 0.652. The van der Waals surface area contributed by atoms with Gasteiger partial charge in [0.25, 0.3) is 0 Å². The smallest absolute Gasteiger partial charge is 0.0100 e. The Labute approximate surface area is 109 Å². The van der Waals surface area contributed by atoms with Crippen LogP contribution in [-0.4, -0.2) is 5.33 Å². The van der Waals surface area contributed by atoms with Crippen molar-refractivity contribution in [3.05, 3.63) is 35.4 Å². The standard InChI is InChI=1S/C15H23Br/c1-12-6-5-7-13(10-12)14(11-16)8-9-15(2,3)4/h5-7,10,14H,8-9,11H2,1-4H3. The Morgan fingerprint density at radius 1 is 1.25 bits per heavy atom. The highest BCUT2D eigenvalue weighted by atomic mass is 79.9. The van der Waals surface area contributed by atoms with Gasteiger partial charge >= 0.3 is 0 Å². The second-order valence-electron chi connectivity index (χ2n) is 5.86. The summed E-state index contributed by atoms with van der Waals surface area (Å²) < 4.78 is 0. The SMILES string of the molecule is Cc1cccc(C(CBr)CCC(C)(C)C)c1. The Bertz CT molecular complexity index is 322. The number of aryl methyl sites for hydroxylation is 1. The van der Waals surface area contributed by atoms with Gasteiger partial charge in [-0.2, -0.15) is 0 Å². The molecule has 1 unspecified atom stereocenters. The van der Waals surface area contributed by atoms with Crippen LogP contribution in [-0.2, 0) is 0 Å². The molecule has 0 bridgehead atoms. The molecule has 0 aliphatic heterocycles. The van der Waals surface area contributed by atoms with Crippen LogP contribution in [0.15, 0.2) is 24.3 Å². The third-order valence-electron chi connectivity index (χ3n) is 2.94. The Kier molecular flexibility index (Phi) is 5.04. The molecule has 16 heavy (non-hydrogen) atoms. The van der Waals surface area contributed by atoms with Crippen LogP contribution in [0.4, 0.5) is 0 Å². The van der Waals surface area contributed by atoms with Gasteiger partial charge in [-0.05, 0) is 36.7 Å². The molecule has 0 heterocycles. The summed E-state index contributed by atoms with van der Waals surface area (Å²) in [5, 5.41) is 1.06. The van der Waals surface area contributed by atoms with E-state index in [0.29, 0.717) is 11.3 Å². The lowest BCUT2D eigenvalue weighted by Gasteiger charge is -2.22. The first-order chi connectivity index (χ1) is 7.42. The molecule has 90 valence electrons. The van der Waals surface area contributed by atoms with Gasteiger partial charge in [0.05, 0.1) is 0 Å². The zero-order chi connectivity index (χ0) is 12.2. The number of alkyl halides is 1. The maximum atomic E-state index is 3.64. The van der Waals surface area contributed by atoms with Crippen molar-refractivity contribution >= 4 is 15.9 Å². The van der Waals surface area contributed by atoms with Crippen molar-refractivity contribution < 1.29 is 0 Å². The summed E-state index contributed by atoms with van der Waals surface area (Å²) in [7, 11) is 0. The van der Waals surface area contributed by atoms with Gasteiger partial charge in [-0.3, -0.25) is 0 Å². The van der Waals surface area contributed by atoms with Crippen LogP contribution >= 0.6 is 15.9 Å². The van der Waals surface area contributed by atoms with Crippen LogP contribution in [0.3, 0.4) is 0 Å². The van der Waals surface area contributed by atoms with Gasteiger partial charge < -0.3 is 0 Å². The van der Waals surface area contributed by atoms with Crippen molar-refractivity contribution in [2.75, 3.05) is 5.33 Å². The minimum atomic E-state index is 0.435. The highest BCUT2D eigenvalue weighted by molar-refractivity contribution is 9.09. The van der Waals surface area contributed by atoms with Crippen LogP contribution in [0.2, 0.25) is 0 Å². The first-order valence-corrected chi connectivity index (χ1v) is 7.17. The number of hydrogen-bond acceptors (Lipinski definition) is 0. The average Bonchev–Trinajstić information content (AvgIpc) is 2.17. The lowest BCUT2D eigenvalue weighted by Crippen LogP contribution is -2.09. The maximum Gasteiger partial charge on any atom is 0.0100 e. The molecule has 0 N–H and O–H groups in total. The largest absolute Gasteiger partial charge is 0.0921 e. The van der Waals surface area contributed by atoms with Crippen molar-refractivity contribution in [2.45, 2.75) is 46.5 Å². The third-order valence-corrected chi connectivity index (χ3v) is 3.72. The Balaban J connectivity index is 2.68. The number of benzene rings is 1. The lowest BCUT2D eigenvalue weighted by atomic mass is 9.85. The summed E-state index contributed by atoms with van der Waals surface area (Å²) in [6.45, 7) is 9.11. The molecule has 0 aromatic heterocycles. The molecule has 1 rings (SSSR count). The summed E-state index contributed by atoms with van der Waals surface area (Å²) in [5.41, 5.74) is 3.27. The van der Waals surface area contributed by atoms with Crippen LogP contribution in [0.1, 0.15) is 50.7 Å². The van der Waals surface area contributed by atoms with Crippen molar-refractivity contribution in [3.8, 4) is 0 Å². The molecule has 0 aliphatic carbocycles. The molecule has 0 spiro atoms. The van der Waals surface area contributed by atoms with E-state index in [2.05, 4.69) is 67.9 Å². The van der Waals surface area contributed by atoms with Gasteiger partial charge in [0, 0.05) is 5.33 Å². The second-order valence-corrected chi connectivity index (χ2v) is 6.51. The van der Waals surface area contributed by atoms with Gasteiger partial charge in [0.1, 0.15) is 0 Å². The molecule has 0 saturated carbocycles. The molecular formula is C15H23Br. The molecule has 0 fully saturated rings. The summed E-state index contributed by atoms with van der Waals surface area (Å²) in [6, 6.07) is 8.89. The fourth-order valence-corrected chi connectivity index (χ4v) is 2.56. The van der Waals surface area contributed by atoms with E-state index in [1.54, 1.807) is 0 Å². The van der Waals surface area contributed by atoms with Gasteiger partial charge in [-0.1, -0.05) is 66.5 Å². The highest BCUT2D eigenvalue weighted by Gasteiger charge is 2.16. The fraction of sp³-hybridized carbons (Fsp3) is 0.600. The van der Waals surface area contributed by atoms with Gasteiger partial charge in [-0.25, -0.2) is 0 Å². The zero-order valence-electron chi connectivity index (χ0n) is 10.9. The predicted molar refractivity (Wildman–Crippen MR) is 76.4 cm³/mol. The van der Waals surface area contributed by atoms with E-state index in [9.17, 15) is 0 Å².